The van der Waals surface area contributed by atoms with E-state index in [1.54, 1.807) is 0 Å². The third kappa shape index (κ3) is 7.62. The fourth-order valence-corrected chi connectivity index (χ4v) is 7.35. The fourth-order valence-electron chi connectivity index (χ4n) is 7.35. The SMILES string of the molecule is CCC1=C(C)c2cc3[nH]c(cc4nc(c(CC(=O)OC)c5[nH]c(cc1n2)c(C)c5C(=O)NCCOCCN)C(CCC(=O)O)C4C)c(C)c3CC. The minimum absolute atomic E-state index is 0.0870. The zero-order valence-corrected chi connectivity index (χ0v) is 30.7. The smallest absolute Gasteiger partial charge is 0.310 e. The Kier molecular flexibility index (Phi) is 11.8. The number of rotatable bonds is 13. The number of aryl methyl sites for hydroxylation is 3. The summed E-state index contributed by atoms with van der Waals surface area (Å²) in [6, 6.07) is 6.10. The molecule has 0 aliphatic carbocycles. The Morgan fingerprint density at radius 2 is 1.67 bits per heavy atom. The standard InChI is InChI=1S/C39H50N6O6/c1-8-24-20(3)28-17-30-22(5)26(10-11-34(46)47)37(44-30)27(16-35(48)50-7)38-36(39(49)41-13-15-51-14-12-40)23(6)31(45-38)19-33-25(9-2)21(4)29(43-33)18-32(24)42-28/h17-19,22,26,42,45H,8-16,40H2,1-7H3,(H,41,49)(H,46,47). The van der Waals surface area contributed by atoms with Crippen LogP contribution in [-0.4, -0.2) is 76.3 Å². The molecule has 0 aromatic carbocycles. The Balaban J connectivity index is 1.95. The van der Waals surface area contributed by atoms with E-state index in [1.165, 1.54) is 12.7 Å². The lowest BCUT2D eigenvalue weighted by Gasteiger charge is -2.17. The monoisotopic (exact) mass is 698 g/mol. The van der Waals surface area contributed by atoms with E-state index in [1.807, 2.05) is 26.0 Å². The summed E-state index contributed by atoms with van der Waals surface area (Å²) >= 11 is 0. The van der Waals surface area contributed by atoms with Gasteiger partial charge in [-0.3, -0.25) is 19.4 Å². The van der Waals surface area contributed by atoms with Crippen molar-refractivity contribution in [1.82, 2.24) is 25.3 Å². The average molecular weight is 699 g/mol. The lowest BCUT2D eigenvalue weighted by Crippen LogP contribution is -2.28. The van der Waals surface area contributed by atoms with Crippen molar-refractivity contribution in [3.63, 3.8) is 0 Å². The Hall–Kier alpha value is -4.81. The summed E-state index contributed by atoms with van der Waals surface area (Å²) < 4.78 is 10.7. The van der Waals surface area contributed by atoms with Gasteiger partial charge in [0.1, 0.15) is 0 Å². The van der Waals surface area contributed by atoms with Gasteiger partial charge in [-0.05, 0) is 86.1 Å². The summed E-state index contributed by atoms with van der Waals surface area (Å²) in [5.41, 5.74) is 17.5. The molecule has 2 aliphatic rings. The molecule has 5 heterocycles. The second kappa shape index (κ2) is 16.0. The van der Waals surface area contributed by atoms with Gasteiger partial charge in [-0.2, -0.15) is 0 Å². The van der Waals surface area contributed by atoms with Crippen LogP contribution >= 0.6 is 0 Å². The van der Waals surface area contributed by atoms with Gasteiger partial charge in [0.25, 0.3) is 5.91 Å². The van der Waals surface area contributed by atoms with Crippen molar-refractivity contribution in [1.29, 1.82) is 0 Å². The van der Waals surface area contributed by atoms with Crippen LogP contribution in [0.1, 0.15) is 114 Å². The van der Waals surface area contributed by atoms with Gasteiger partial charge in [-0.25, -0.2) is 4.98 Å². The number of esters is 1. The maximum atomic E-state index is 14.1. The van der Waals surface area contributed by atoms with Crippen LogP contribution in [0.15, 0.2) is 18.2 Å². The van der Waals surface area contributed by atoms with Crippen LogP contribution in [0, 0.1) is 13.8 Å². The molecule has 2 aliphatic heterocycles. The van der Waals surface area contributed by atoms with E-state index in [-0.39, 0.29) is 50.2 Å². The van der Waals surface area contributed by atoms with Crippen LogP contribution in [0.25, 0.3) is 33.2 Å². The van der Waals surface area contributed by atoms with Crippen LogP contribution in [-0.2, 0) is 31.9 Å². The topological polar surface area (TPSA) is 185 Å². The first-order valence-corrected chi connectivity index (χ1v) is 17.7. The molecule has 272 valence electrons. The number of hydrogen-bond acceptors (Lipinski definition) is 8. The van der Waals surface area contributed by atoms with Crippen molar-refractivity contribution < 1.29 is 29.0 Å². The summed E-state index contributed by atoms with van der Waals surface area (Å²) in [5.74, 6) is -2.32. The first-order valence-electron chi connectivity index (χ1n) is 17.7. The Morgan fingerprint density at radius 3 is 2.33 bits per heavy atom. The quantitative estimate of drug-likeness (QED) is 0.105. The number of nitrogens with zero attached hydrogens (tertiary/aromatic N) is 2. The van der Waals surface area contributed by atoms with Crippen molar-refractivity contribution in [2.45, 2.75) is 85.5 Å². The first-order chi connectivity index (χ1) is 24.4. The zero-order chi connectivity index (χ0) is 37.0. The highest BCUT2D eigenvalue weighted by Crippen LogP contribution is 2.43. The van der Waals surface area contributed by atoms with E-state index in [9.17, 15) is 19.5 Å². The second-order valence-electron chi connectivity index (χ2n) is 13.2. The van der Waals surface area contributed by atoms with Crippen LogP contribution in [0.5, 0.6) is 0 Å². The highest BCUT2D eigenvalue weighted by atomic mass is 16.5. The number of H-pyrrole nitrogens is 2. The molecule has 6 N–H and O–H groups in total. The van der Waals surface area contributed by atoms with Crippen LogP contribution < -0.4 is 11.1 Å². The van der Waals surface area contributed by atoms with Gasteiger partial charge in [-0.15, -0.1) is 0 Å². The normalized spacial score (nSPS) is 15.7. The molecule has 0 saturated carbocycles. The van der Waals surface area contributed by atoms with Gasteiger partial charge in [0.2, 0.25) is 0 Å². The van der Waals surface area contributed by atoms with Gasteiger partial charge in [0.15, 0.2) is 0 Å². The number of allylic oxidation sites excluding steroid dienone is 2. The minimum Gasteiger partial charge on any atom is -0.481 e. The molecule has 0 saturated heterocycles. The van der Waals surface area contributed by atoms with Crippen molar-refractivity contribution in [3.8, 4) is 0 Å². The number of nitrogens with one attached hydrogen (secondary N) is 3. The Morgan fingerprint density at radius 1 is 0.941 bits per heavy atom. The average Bonchev–Trinajstić information content (AvgIpc) is 3.78. The van der Waals surface area contributed by atoms with Crippen LogP contribution in [0.3, 0.4) is 0 Å². The van der Waals surface area contributed by atoms with Gasteiger partial charge in [-0.1, -0.05) is 20.8 Å². The van der Waals surface area contributed by atoms with Gasteiger partial charge < -0.3 is 35.6 Å². The number of carboxylic acids is 1. The number of fused-ring (bicyclic) bond motifs is 8. The van der Waals surface area contributed by atoms with Gasteiger partial charge >= 0.3 is 11.9 Å². The number of aliphatic carboxylic acids is 1. The molecule has 0 fully saturated rings. The number of ether oxygens (including phenoxy) is 2. The molecular weight excluding hydrogens is 648 g/mol. The molecule has 3 aromatic heterocycles. The fraction of sp³-hybridized carbons (Fsp3) is 0.462. The number of amides is 1. The number of carbonyl (C=O) groups excluding carboxylic acids is 2. The van der Waals surface area contributed by atoms with Gasteiger partial charge in [0.05, 0.1) is 54.9 Å². The number of carboxylic acid groups (broad SMARTS) is 1. The highest BCUT2D eigenvalue weighted by molar-refractivity contribution is 6.06. The third-order valence-corrected chi connectivity index (χ3v) is 10.2. The number of hydrogen-bond donors (Lipinski definition) is 5. The Bertz CT molecular complexity index is 2040. The van der Waals surface area contributed by atoms with E-state index in [0.717, 1.165) is 57.7 Å². The molecule has 12 nitrogen and oxygen atoms in total. The maximum absolute atomic E-state index is 14.1. The van der Waals surface area contributed by atoms with E-state index >= 15 is 0 Å². The lowest BCUT2D eigenvalue weighted by atomic mass is 9.85. The predicted molar refractivity (Wildman–Crippen MR) is 199 cm³/mol. The summed E-state index contributed by atoms with van der Waals surface area (Å²) in [6.07, 6.45) is 1.58. The second-order valence-corrected chi connectivity index (χ2v) is 13.2. The first kappa shape index (κ1) is 37.4. The largest absolute Gasteiger partial charge is 0.481 e. The lowest BCUT2D eigenvalue weighted by molar-refractivity contribution is -0.140. The van der Waals surface area contributed by atoms with E-state index in [0.29, 0.717) is 46.6 Å². The van der Waals surface area contributed by atoms with Crippen LogP contribution in [0.2, 0.25) is 0 Å². The summed E-state index contributed by atoms with van der Waals surface area (Å²) in [5, 5.41) is 12.7. The molecular formula is C39H50N6O6. The molecule has 12 heteroatoms. The van der Waals surface area contributed by atoms with E-state index in [4.69, 9.17) is 25.2 Å². The number of methoxy groups -OCH3 is 1. The van der Waals surface area contributed by atoms with Gasteiger partial charge in [0, 0.05) is 59.2 Å². The number of nitrogens with two attached hydrogens (primary N) is 1. The summed E-state index contributed by atoms with van der Waals surface area (Å²) in [6.45, 7) is 13.6. The van der Waals surface area contributed by atoms with Crippen molar-refractivity contribution in [2.24, 2.45) is 5.73 Å². The summed E-state index contributed by atoms with van der Waals surface area (Å²) in [7, 11) is 1.32. The highest BCUT2D eigenvalue weighted by Gasteiger charge is 2.33. The maximum Gasteiger partial charge on any atom is 0.310 e. The number of aromatic amines is 2. The molecule has 8 bridgehead atoms. The molecule has 2 unspecified atom stereocenters. The number of aromatic nitrogens is 4. The zero-order valence-electron chi connectivity index (χ0n) is 30.7. The predicted octanol–water partition coefficient (Wildman–Crippen LogP) is 6.01. The molecule has 5 rings (SSSR count). The third-order valence-electron chi connectivity index (χ3n) is 10.2. The summed E-state index contributed by atoms with van der Waals surface area (Å²) in [4.78, 5) is 56.5. The number of carbonyl (C=O) groups is 3. The molecule has 3 aromatic rings. The Labute approximate surface area is 298 Å². The van der Waals surface area contributed by atoms with E-state index < -0.39 is 11.9 Å². The molecule has 0 radical (unpaired) electrons. The van der Waals surface area contributed by atoms with Crippen molar-refractivity contribution in [2.75, 3.05) is 33.4 Å². The molecule has 51 heavy (non-hydrogen) atoms. The van der Waals surface area contributed by atoms with Crippen molar-refractivity contribution in [3.05, 3.63) is 68.8 Å². The molecule has 1 amide bonds. The molecule has 2 atom stereocenters. The van der Waals surface area contributed by atoms with Crippen molar-refractivity contribution >= 4 is 51.1 Å². The van der Waals surface area contributed by atoms with E-state index in [2.05, 4.69) is 49.0 Å². The minimum atomic E-state index is -0.923. The van der Waals surface area contributed by atoms with Crippen LogP contribution in [0.4, 0.5) is 0 Å². The molecule has 0 spiro atoms.